The molecule has 1 saturated heterocycles. The van der Waals surface area contributed by atoms with Crippen molar-refractivity contribution in [1.82, 2.24) is 15.6 Å². The van der Waals surface area contributed by atoms with E-state index in [1.165, 1.54) is 0 Å². The number of hydrogen-bond donors (Lipinski definition) is 3. The quantitative estimate of drug-likeness (QED) is 0.312. The van der Waals surface area contributed by atoms with Gasteiger partial charge in [-0.05, 0) is 19.4 Å². The number of carbonyl (C=O) groups is 1. The van der Waals surface area contributed by atoms with Gasteiger partial charge in [0.2, 0.25) is 0 Å². The van der Waals surface area contributed by atoms with E-state index in [1.807, 2.05) is 6.92 Å². The summed E-state index contributed by atoms with van der Waals surface area (Å²) in [7, 11) is 0. The molecule has 1 fully saturated rings. The third kappa shape index (κ3) is 2.94. The topological polar surface area (TPSA) is 70.4 Å². The lowest BCUT2D eigenvalue weighted by molar-refractivity contribution is -0.126. The molecule has 1 heterocycles. The molecule has 5 heteroatoms. The molecule has 1 amide bonds. The minimum atomic E-state index is -0.0746. The van der Waals surface area contributed by atoms with Crippen molar-refractivity contribution in [3.8, 4) is 0 Å². The van der Waals surface area contributed by atoms with E-state index < -0.39 is 0 Å². The zero-order valence-corrected chi connectivity index (χ0v) is 8.75. The molecule has 1 unspecified atom stereocenters. The van der Waals surface area contributed by atoms with Crippen molar-refractivity contribution in [3.63, 3.8) is 0 Å². The van der Waals surface area contributed by atoms with Gasteiger partial charge >= 0.3 is 0 Å². The predicted molar refractivity (Wildman–Crippen MR) is 55.5 cm³/mol. The fourth-order valence-corrected chi connectivity index (χ4v) is 1.88. The lowest BCUT2D eigenvalue weighted by Crippen LogP contribution is -2.49. The highest BCUT2D eigenvalue weighted by molar-refractivity contribution is 5.81. The number of amides is 1. The number of carbonyl (C=O) groups excluding carboxylic acids is 1. The fraction of sp³-hybridized carbons (Fsp3) is 0.889. The first-order valence-electron chi connectivity index (χ1n) is 5.24. The standard InChI is InChI=1S/C9H20N4O/c1-2-8(9(14)12-10)13-6-3-4-11-5-7-13/h8,11H,2-7,10H2,1H3,(H,12,14). The van der Waals surface area contributed by atoms with E-state index in [1.54, 1.807) is 0 Å². The van der Waals surface area contributed by atoms with E-state index in [9.17, 15) is 4.79 Å². The summed E-state index contributed by atoms with van der Waals surface area (Å²) in [5.74, 6) is 5.08. The van der Waals surface area contributed by atoms with Gasteiger partial charge in [-0.1, -0.05) is 6.92 Å². The highest BCUT2D eigenvalue weighted by Crippen LogP contribution is 2.06. The Morgan fingerprint density at radius 1 is 1.57 bits per heavy atom. The second-order valence-corrected chi connectivity index (χ2v) is 3.57. The molecule has 1 aliphatic heterocycles. The fourth-order valence-electron chi connectivity index (χ4n) is 1.88. The van der Waals surface area contributed by atoms with Gasteiger partial charge in [-0.25, -0.2) is 5.84 Å². The average molecular weight is 200 g/mol. The van der Waals surface area contributed by atoms with Crippen molar-refractivity contribution in [1.29, 1.82) is 0 Å². The Morgan fingerprint density at radius 2 is 2.36 bits per heavy atom. The number of hydrazine groups is 1. The lowest BCUT2D eigenvalue weighted by atomic mass is 10.1. The highest BCUT2D eigenvalue weighted by atomic mass is 16.2. The zero-order chi connectivity index (χ0) is 10.4. The zero-order valence-electron chi connectivity index (χ0n) is 8.75. The molecule has 1 rings (SSSR count). The van der Waals surface area contributed by atoms with Crippen LogP contribution in [-0.2, 0) is 4.79 Å². The minimum absolute atomic E-state index is 0.0695. The van der Waals surface area contributed by atoms with Gasteiger partial charge in [0.05, 0.1) is 6.04 Å². The molecule has 0 aromatic carbocycles. The molecule has 0 aromatic rings. The van der Waals surface area contributed by atoms with Crippen molar-refractivity contribution < 1.29 is 4.79 Å². The SMILES string of the molecule is CCC(C(=O)NN)N1CCCNCC1. The number of hydrogen-bond acceptors (Lipinski definition) is 4. The molecule has 1 atom stereocenters. The van der Waals surface area contributed by atoms with Crippen molar-refractivity contribution in [3.05, 3.63) is 0 Å². The maximum Gasteiger partial charge on any atom is 0.251 e. The molecule has 14 heavy (non-hydrogen) atoms. The van der Waals surface area contributed by atoms with Crippen LogP contribution in [0, 0.1) is 0 Å². The van der Waals surface area contributed by atoms with Gasteiger partial charge in [0.15, 0.2) is 0 Å². The van der Waals surface area contributed by atoms with E-state index in [-0.39, 0.29) is 11.9 Å². The van der Waals surface area contributed by atoms with Gasteiger partial charge < -0.3 is 5.32 Å². The summed E-state index contributed by atoms with van der Waals surface area (Å²) >= 11 is 0. The lowest BCUT2D eigenvalue weighted by Gasteiger charge is -2.27. The molecular weight excluding hydrogens is 180 g/mol. The molecule has 0 bridgehead atoms. The number of nitrogens with zero attached hydrogens (tertiary/aromatic N) is 1. The summed E-state index contributed by atoms with van der Waals surface area (Å²) in [5, 5.41) is 3.31. The molecule has 0 spiro atoms. The van der Waals surface area contributed by atoms with Crippen LogP contribution in [0.1, 0.15) is 19.8 Å². The summed E-state index contributed by atoms with van der Waals surface area (Å²) in [5.41, 5.74) is 2.23. The first kappa shape index (κ1) is 11.4. The maximum absolute atomic E-state index is 11.5. The van der Waals surface area contributed by atoms with Crippen LogP contribution in [0.15, 0.2) is 0 Å². The van der Waals surface area contributed by atoms with Crippen molar-refractivity contribution in [2.75, 3.05) is 26.2 Å². The summed E-state index contributed by atoms with van der Waals surface area (Å²) in [6.45, 7) is 5.90. The molecule has 0 aromatic heterocycles. The average Bonchev–Trinajstić information content (AvgIpc) is 2.47. The van der Waals surface area contributed by atoms with Crippen LogP contribution in [0.3, 0.4) is 0 Å². The van der Waals surface area contributed by atoms with Crippen LogP contribution < -0.4 is 16.6 Å². The van der Waals surface area contributed by atoms with Crippen LogP contribution in [0.5, 0.6) is 0 Å². The summed E-state index contributed by atoms with van der Waals surface area (Å²) < 4.78 is 0. The largest absolute Gasteiger partial charge is 0.315 e. The van der Waals surface area contributed by atoms with Crippen molar-refractivity contribution in [2.24, 2.45) is 5.84 Å². The Morgan fingerprint density at radius 3 is 3.00 bits per heavy atom. The Hall–Kier alpha value is -0.650. The highest BCUT2D eigenvalue weighted by Gasteiger charge is 2.23. The Bertz CT molecular complexity index is 178. The van der Waals surface area contributed by atoms with Gasteiger partial charge in [0.25, 0.3) is 5.91 Å². The van der Waals surface area contributed by atoms with Gasteiger partial charge in [-0.3, -0.25) is 15.1 Å². The normalized spacial score (nSPS) is 21.3. The number of nitrogens with one attached hydrogen (secondary N) is 2. The Labute approximate surface area is 85.0 Å². The third-order valence-corrected chi connectivity index (χ3v) is 2.65. The molecular formula is C9H20N4O. The molecule has 82 valence electrons. The van der Waals surface area contributed by atoms with Gasteiger partial charge in [-0.2, -0.15) is 0 Å². The number of rotatable bonds is 3. The number of nitrogens with two attached hydrogens (primary N) is 1. The van der Waals surface area contributed by atoms with E-state index in [4.69, 9.17) is 5.84 Å². The van der Waals surface area contributed by atoms with E-state index in [0.717, 1.165) is 39.0 Å². The molecule has 0 saturated carbocycles. The van der Waals surface area contributed by atoms with Crippen molar-refractivity contribution >= 4 is 5.91 Å². The second kappa shape index (κ2) is 5.95. The minimum Gasteiger partial charge on any atom is -0.315 e. The smallest absolute Gasteiger partial charge is 0.251 e. The van der Waals surface area contributed by atoms with Crippen LogP contribution in [0.4, 0.5) is 0 Å². The monoisotopic (exact) mass is 200 g/mol. The van der Waals surface area contributed by atoms with E-state index >= 15 is 0 Å². The summed E-state index contributed by atoms with van der Waals surface area (Å²) in [4.78, 5) is 13.7. The first-order chi connectivity index (χ1) is 6.79. The molecule has 5 nitrogen and oxygen atoms in total. The first-order valence-corrected chi connectivity index (χ1v) is 5.24. The van der Waals surface area contributed by atoms with Crippen LogP contribution >= 0.6 is 0 Å². The van der Waals surface area contributed by atoms with Crippen LogP contribution in [0.25, 0.3) is 0 Å². The third-order valence-electron chi connectivity index (χ3n) is 2.65. The van der Waals surface area contributed by atoms with Crippen LogP contribution in [0.2, 0.25) is 0 Å². The maximum atomic E-state index is 11.5. The Kier molecular flexibility index (Phi) is 4.86. The van der Waals surface area contributed by atoms with Crippen LogP contribution in [-0.4, -0.2) is 43.0 Å². The van der Waals surface area contributed by atoms with E-state index in [2.05, 4.69) is 15.6 Å². The summed E-state index contributed by atoms with van der Waals surface area (Å²) in [6.07, 6.45) is 1.90. The van der Waals surface area contributed by atoms with Gasteiger partial charge in [-0.15, -0.1) is 0 Å². The van der Waals surface area contributed by atoms with Gasteiger partial charge in [0, 0.05) is 19.6 Å². The van der Waals surface area contributed by atoms with E-state index in [0.29, 0.717) is 0 Å². The van der Waals surface area contributed by atoms with Gasteiger partial charge in [0.1, 0.15) is 0 Å². The Balaban J connectivity index is 2.52. The summed E-state index contributed by atoms with van der Waals surface area (Å²) in [6, 6.07) is -0.0695. The predicted octanol–water partition coefficient (Wildman–Crippen LogP) is -0.950. The van der Waals surface area contributed by atoms with Crippen molar-refractivity contribution in [2.45, 2.75) is 25.8 Å². The molecule has 4 N–H and O–H groups in total. The molecule has 0 aliphatic carbocycles. The molecule has 1 aliphatic rings. The molecule has 0 radical (unpaired) electrons. The second-order valence-electron chi connectivity index (χ2n) is 3.57.